The molecule has 0 spiro atoms. The molecule has 6 nitrogen and oxygen atoms in total. The lowest BCUT2D eigenvalue weighted by Gasteiger charge is -2.28. The summed E-state index contributed by atoms with van der Waals surface area (Å²) in [5.41, 5.74) is 1.81. The molecule has 0 radical (unpaired) electrons. The standard InChI is InChI=1S/C17H22N2O4/c1-12(23-17(21)13-2-3-13)16(20)18-14-4-6-15(7-5-14)19-8-10-22-11-9-19/h4-7,12-13H,2-3,8-11H2,1H3,(H,18,20)/t12-/m1/s1. The highest BCUT2D eigenvalue weighted by Gasteiger charge is 2.33. The first-order valence-electron chi connectivity index (χ1n) is 8.07. The Morgan fingerprint density at radius 2 is 1.87 bits per heavy atom. The third kappa shape index (κ3) is 4.22. The summed E-state index contributed by atoms with van der Waals surface area (Å²) >= 11 is 0. The number of carbonyl (C=O) groups is 2. The van der Waals surface area contributed by atoms with Gasteiger partial charge in [0.25, 0.3) is 5.91 Å². The highest BCUT2D eigenvalue weighted by Crippen LogP contribution is 2.30. The first kappa shape index (κ1) is 15.8. The summed E-state index contributed by atoms with van der Waals surface area (Å²) < 4.78 is 10.5. The van der Waals surface area contributed by atoms with Crippen LogP contribution in [0.25, 0.3) is 0 Å². The fourth-order valence-electron chi connectivity index (χ4n) is 2.46. The van der Waals surface area contributed by atoms with Crippen LogP contribution in [0.4, 0.5) is 11.4 Å². The minimum Gasteiger partial charge on any atom is -0.452 e. The molecule has 124 valence electrons. The van der Waals surface area contributed by atoms with E-state index in [0.29, 0.717) is 5.69 Å². The maximum absolute atomic E-state index is 12.1. The summed E-state index contributed by atoms with van der Waals surface area (Å²) in [6.07, 6.45) is 0.967. The van der Waals surface area contributed by atoms with Crippen molar-refractivity contribution in [1.82, 2.24) is 0 Å². The van der Waals surface area contributed by atoms with Gasteiger partial charge < -0.3 is 19.7 Å². The smallest absolute Gasteiger partial charge is 0.309 e. The zero-order chi connectivity index (χ0) is 16.2. The van der Waals surface area contributed by atoms with Crippen LogP contribution in [0.15, 0.2) is 24.3 Å². The molecule has 1 amide bonds. The number of carbonyl (C=O) groups excluding carboxylic acids is 2. The van der Waals surface area contributed by atoms with E-state index in [1.807, 2.05) is 24.3 Å². The summed E-state index contributed by atoms with van der Waals surface area (Å²) in [4.78, 5) is 25.9. The summed E-state index contributed by atoms with van der Waals surface area (Å²) in [5.74, 6) is -0.577. The molecule has 0 aromatic heterocycles. The third-order valence-electron chi connectivity index (χ3n) is 4.08. The number of rotatable bonds is 5. The first-order chi connectivity index (χ1) is 11.1. The SMILES string of the molecule is C[C@@H](OC(=O)C1CC1)C(=O)Nc1ccc(N2CCOCC2)cc1. The van der Waals surface area contributed by atoms with Crippen LogP contribution in [0.3, 0.4) is 0 Å². The predicted molar refractivity (Wildman–Crippen MR) is 86.4 cm³/mol. The molecule has 1 heterocycles. The van der Waals surface area contributed by atoms with Crippen molar-refractivity contribution in [3.05, 3.63) is 24.3 Å². The van der Waals surface area contributed by atoms with E-state index < -0.39 is 6.10 Å². The molecule has 2 fully saturated rings. The number of ether oxygens (including phenoxy) is 2. The van der Waals surface area contributed by atoms with Crippen molar-refractivity contribution in [2.75, 3.05) is 36.5 Å². The van der Waals surface area contributed by atoms with Gasteiger partial charge in [0.05, 0.1) is 19.1 Å². The fourth-order valence-corrected chi connectivity index (χ4v) is 2.46. The van der Waals surface area contributed by atoms with Gasteiger partial charge in [0.2, 0.25) is 0 Å². The molecule has 1 aliphatic heterocycles. The lowest BCUT2D eigenvalue weighted by molar-refractivity contribution is -0.154. The molecule has 1 atom stereocenters. The monoisotopic (exact) mass is 318 g/mol. The largest absolute Gasteiger partial charge is 0.452 e. The van der Waals surface area contributed by atoms with E-state index in [1.165, 1.54) is 0 Å². The number of nitrogens with zero attached hydrogens (tertiary/aromatic N) is 1. The normalized spacial score (nSPS) is 19.1. The van der Waals surface area contributed by atoms with Gasteiger partial charge in [-0.15, -0.1) is 0 Å². The van der Waals surface area contributed by atoms with Gasteiger partial charge in [-0.1, -0.05) is 0 Å². The highest BCUT2D eigenvalue weighted by atomic mass is 16.5. The van der Waals surface area contributed by atoms with E-state index in [0.717, 1.165) is 44.8 Å². The summed E-state index contributed by atoms with van der Waals surface area (Å²) in [7, 11) is 0. The van der Waals surface area contributed by atoms with Gasteiger partial charge in [0, 0.05) is 24.5 Å². The van der Waals surface area contributed by atoms with Crippen molar-refractivity contribution in [3.63, 3.8) is 0 Å². The Morgan fingerprint density at radius 3 is 2.48 bits per heavy atom. The van der Waals surface area contributed by atoms with Gasteiger partial charge in [0.15, 0.2) is 6.10 Å². The molecular formula is C17H22N2O4. The Balaban J connectivity index is 1.52. The Hall–Kier alpha value is -2.08. The predicted octanol–water partition coefficient (Wildman–Crippen LogP) is 1.80. The Morgan fingerprint density at radius 1 is 1.22 bits per heavy atom. The molecule has 6 heteroatoms. The highest BCUT2D eigenvalue weighted by molar-refractivity contribution is 5.95. The molecule has 1 saturated carbocycles. The molecule has 1 saturated heterocycles. The van der Waals surface area contributed by atoms with Crippen molar-refractivity contribution >= 4 is 23.3 Å². The minimum atomic E-state index is -0.776. The zero-order valence-corrected chi connectivity index (χ0v) is 13.3. The van der Waals surface area contributed by atoms with Gasteiger partial charge >= 0.3 is 5.97 Å². The van der Waals surface area contributed by atoms with Crippen LogP contribution < -0.4 is 10.2 Å². The second-order valence-electron chi connectivity index (χ2n) is 5.99. The van der Waals surface area contributed by atoms with Gasteiger partial charge in [0.1, 0.15) is 0 Å². The average Bonchev–Trinajstić information content (AvgIpc) is 3.41. The molecule has 1 aliphatic carbocycles. The third-order valence-corrected chi connectivity index (χ3v) is 4.08. The number of esters is 1. The number of morpholine rings is 1. The zero-order valence-electron chi connectivity index (χ0n) is 13.3. The van der Waals surface area contributed by atoms with E-state index in [9.17, 15) is 9.59 Å². The van der Waals surface area contributed by atoms with Gasteiger partial charge in [-0.25, -0.2) is 0 Å². The van der Waals surface area contributed by atoms with Crippen LogP contribution in [0.2, 0.25) is 0 Å². The summed E-state index contributed by atoms with van der Waals surface area (Å²) in [6.45, 7) is 4.82. The van der Waals surface area contributed by atoms with E-state index >= 15 is 0 Å². The second-order valence-corrected chi connectivity index (χ2v) is 5.99. The molecule has 0 unspecified atom stereocenters. The van der Waals surface area contributed by atoms with E-state index in [-0.39, 0.29) is 17.8 Å². The molecule has 1 aromatic carbocycles. The van der Waals surface area contributed by atoms with E-state index in [4.69, 9.17) is 9.47 Å². The number of nitrogens with one attached hydrogen (secondary N) is 1. The number of hydrogen-bond donors (Lipinski definition) is 1. The Bertz CT molecular complexity index is 562. The Labute approximate surface area is 135 Å². The number of benzene rings is 1. The van der Waals surface area contributed by atoms with E-state index in [1.54, 1.807) is 6.92 Å². The van der Waals surface area contributed by atoms with Crippen molar-refractivity contribution in [2.24, 2.45) is 5.92 Å². The van der Waals surface area contributed by atoms with Crippen LogP contribution in [-0.2, 0) is 19.1 Å². The maximum atomic E-state index is 12.1. The molecular weight excluding hydrogens is 296 g/mol. The van der Waals surface area contributed by atoms with Crippen molar-refractivity contribution in [1.29, 1.82) is 0 Å². The number of amides is 1. The van der Waals surface area contributed by atoms with Crippen LogP contribution in [-0.4, -0.2) is 44.3 Å². The first-order valence-corrected chi connectivity index (χ1v) is 8.07. The summed E-state index contributed by atoms with van der Waals surface area (Å²) in [6, 6.07) is 7.67. The minimum absolute atomic E-state index is 0.00180. The number of hydrogen-bond acceptors (Lipinski definition) is 5. The van der Waals surface area contributed by atoms with Crippen LogP contribution in [0.5, 0.6) is 0 Å². The fraction of sp³-hybridized carbons (Fsp3) is 0.529. The van der Waals surface area contributed by atoms with Crippen LogP contribution in [0.1, 0.15) is 19.8 Å². The maximum Gasteiger partial charge on any atom is 0.309 e. The van der Waals surface area contributed by atoms with Crippen LogP contribution in [0, 0.1) is 5.92 Å². The molecule has 1 N–H and O–H groups in total. The average molecular weight is 318 g/mol. The Kier molecular flexibility index (Phi) is 4.81. The molecule has 2 aliphatic rings. The molecule has 3 rings (SSSR count). The van der Waals surface area contributed by atoms with Gasteiger partial charge in [-0.2, -0.15) is 0 Å². The topological polar surface area (TPSA) is 67.9 Å². The molecule has 23 heavy (non-hydrogen) atoms. The van der Waals surface area contributed by atoms with Crippen molar-refractivity contribution in [2.45, 2.75) is 25.9 Å². The van der Waals surface area contributed by atoms with Gasteiger partial charge in [-0.05, 0) is 44.0 Å². The van der Waals surface area contributed by atoms with Crippen molar-refractivity contribution in [3.8, 4) is 0 Å². The van der Waals surface area contributed by atoms with E-state index in [2.05, 4.69) is 10.2 Å². The second kappa shape index (κ2) is 7.00. The van der Waals surface area contributed by atoms with Gasteiger partial charge in [-0.3, -0.25) is 9.59 Å². The number of anilines is 2. The molecule has 0 bridgehead atoms. The quantitative estimate of drug-likeness (QED) is 0.839. The van der Waals surface area contributed by atoms with Crippen molar-refractivity contribution < 1.29 is 19.1 Å². The van der Waals surface area contributed by atoms with Crippen LogP contribution >= 0.6 is 0 Å². The lowest BCUT2D eigenvalue weighted by atomic mass is 10.2. The summed E-state index contributed by atoms with van der Waals surface area (Å²) in [5, 5.41) is 2.78. The molecule has 1 aromatic rings. The lowest BCUT2D eigenvalue weighted by Crippen LogP contribution is -2.36.